The Morgan fingerprint density at radius 3 is 2.67 bits per heavy atom. The number of benzene rings is 1. The topological polar surface area (TPSA) is 12.0 Å². The second-order valence-electron chi connectivity index (χ2n) is 4.69. The summed E-state index contributed by atoms with van der Waals surface area (Å²) in [5.41, 5.74) is 3.04. The Bertz CT molecular complexity index is 315. The second-order valence-corrected chi connectivity index (χ2v) is 4.69. The van der Waals surface area contributed by atoms with Gasteiger partial charge in [-0.2, -0.15) is 0 Å². The molecule has 1 saturated carbocycles. The van der Waals surface area contributed by atoms with Crippen molar-refractivity contribution in [1.29, 1.82) is 0 Å². The molecule has 1 aromatic carbocycles. The molecular formula is C14H21N. The monoisotopic (exact) mass is 203 g/mol. The predicted octanol–water partition coefficient (Wildman–Crippen LogP) is 3.10. The van der Waals surface area contributed by atoms with Crippen molar-refractivity contribution < 1.29 is 0 Å². The highest BCUT2D eigenvalue weighted by molar-refractivity contribution is 5.30. The van der Waals surface area contributed by atoms with E-state index in [2.05, 4.69) is 36.5 Å². The summed E-state index contributed by atoms with van der Waals surface area (Å²) in [6.45, 7) is 3.37. The van der Waals surface area contributed by atoms with Crippen LogP contribution in [0, 0.1) is 12.8 Å². The molecule has 1 heteroatoms. The van der Waals surface area contributed by atoms with Gasteiger partial charge in [-0.05, 0) is 62.7 Å². The molecule has 1 aliphatic carbocycles. The van der Waals surface area contributed by atoms with Gasteiger partial charge in [0, 0.05) is 0 Å². The summed E-state index contributed by atoms with van der Waals surface area (Å²) in [6.07, 6.45) is 4.15. The Balaban J connectivity index is 2.13. The first-order chi connectivity index (χ1) is 7.33. The van der Waals surface area contributed by atoms with E-state index in [0.717, 1.165) is 18.4 Å². The van der Waals surface area contributed by atoms with E-state index in [0.29, 0.717) is 0 Å². The van der Waals surface area contributed by atoms with Crippen LogP contribution >= 0.6 is 0 Å². The quantitative estimate of drug-likeness (QED) is 0.775. The van der Waals surface area contributed by atoms with Crippen molar-refractivity contribution >= 4 is 0 Å². The molecule has 0 saturated heterocycles. The lowest BCUT2D eigenvalue weighted by Crippen LogP contribution is -2.14. The molecule has 0 radical (unpaired) electrons. The van der Waals surface area contributed by atoms with Gasteiger partial charge >= 0.3 is 0 Å². The summed E-state index contributed by atoms with van der Waals surface area (Å²) in [5, 5.41) is 3.27. The van der Waals surface area contributed by atoms with Gasteiger partial charge < -0.3 is 5.32 Å². The van der Waals surface area contributed by atoms with Crippen LogP contribution in [0.25, 0.3) is 0 Å². The zero-order valence-electron chi connectivity index (χ0n) is 9.79. The van der Waals surface area contributed by atoms with Crippen LogP contribution in [0.3, 0.4) is 0 Å². The first kappa shape index (κ1) is 10.7. The average molecular weight is 203 g/mol. The molecule has 15 heavy (non-hydrogen) atoms. The molecule has 1 unspecified atom stereocenters. The molecule has 1 aliphatic rings. The smallest absolute Gasteiger partial charge is 0.00460 e. The van der Waals surface area contributed by atoms with E-state index in [1.165, 1.54) is 24.8 Å². The van der Waals surface area contributed by atoms with E-state index in [4.69, 9.17) is 0 Å². The Labute approximate surface area is 92.9 Å². The van der Waals surface area contributed by atoms with Crippen LogP contribution in [0.4, 0.5) is 0 Å². The molecule has 2 rings (SSSR count). The highest BCUT2D eigenvalue weighted by atomic mass is 14.8. The molecule has 0 spiro atoms. The predicted molar refractivity (Wildman–Crippen MR) is 65.2 cm³/mol. The number of aryl methyl sites for hydroxylation is 1. The minimum Gasteiger partial charge on any atom is -0.320 e. The maximum absolute atomic E-state index is 3.27. The van der Waals surface area contributed by atoms with Gasteiger partial charge in [-0.1, -0.05) is 24.3 Å². The van der Waals surface area contributed by atoms with Crippen LogP contribution in [0.2, 0.25) is 0 Å². The highest BCUT2D eigenvalue weighted by Gasteiger charge is 2.32. The van der Waals surface area contributed by atoms with E-state index in [9.17, 15) is 0 Å². The van der Waals surface area contributed by atoms with Gasteiger partial charge in [-0.3, -0.25) is 0 Å². The third-order valence-electron chi connectivity index (χ3n) is 3.48. The third kappa shape index (κ3) is 2.60. The summed E-state index contributed by atoms with van der Waals surface area (Å²) in [6, 6.07) is 8.87. The van der Waals surface area contributed by atoms with Crippen LogP contribution in [0.1, 0.15) is 36.3 Å². The maximum Gasteiger partial charge on any atom is -0.00460 e. The van der Waals surface area contributed by atoms with Crippen molar-refractivity contribution in [2.75, 3.05) is 13.6 Å². The summed E-state index contributed by atoms with van der Waals surface area (Å²) in [7, 11) is 2.04. The highest BCUT2D eigenvalue weighted by Crippen LogP contribution is 2.45. The molecule has 1 aromatic rings. The molecule has 0 heterocycles. The fourth-order valence-electron chi connectivity index (χ4n) is 2.45. The molecule has 82 valence electrons. The third-order valence-corrected chi connectivity index (χ3v) is 3.48. The van der Waals surface area contributed by atoms with E-state index in [1.807, 2.05) is 7.05 Å². The van der Waals surface area contributed by atoms with E-state index in [1.54, 1.807) is 5.56 Å². The van der Waals surface area contributed by atoms with Crippen molar-refractivity contribution in [3.05, 3.63) is 35.4 Å². The maximum atomic E-state index is 3.27. The molecule has 0 aliphatic heterocycles. The van der Waals surface area contributed by atoms with E-state index >= 15 is 0 Å². The lowest BCUT2D eigenvalue weighted by molar-refractivity contribution is 0.539. The molecule has 1 fully saturated rings. The Morgan fingerprint density at radius 2 is 2.07 bits per heavy atom. The largest absolute Gasteiger partial charge is 0.320 e. The molecule has 0 aromatic heterocycles. The van der Waals surface area contributed by atoms with Gasteiger partial charge in [0.2, 0.25) is 0 Å². The van der Waals surface area contributed by atoms with Gasteiger partial charge in [0.15, 0.2) is 0 Å². The molecule has 1 atom stereocenters. The van der Waals surface area contributed by atoms with Crippen molar-refractivity contribution in [3.8, 4) is 0 Å². The van der Waals surface area contributed by atoms with Crippen LogP contribution < -0.4 is 5.32 Å². The first-order valence-electron chi connectivity index (χ1n) is 6.03. The standard InChI is InChI=1S/C14H21N/c1-11-5-3-4-6-13(11)14(9-10-15-2)12-7-8-12/h3-6,12,14-15H,7-10H2,1-2H3. The number of hydrogen-bond donors (Lipinski definition) is 1. The molecule has 0 amide bonds. The van der Waals surface area contributed by atoms with E-state index < -0.39 is 0 Å². The van der Waals surface area contributed by atoms with Crippen molar-refractivity contribution in [2.45, 2.75) is 32.1 Å². The summed E-state index contributed by atoms with van der Waals surface area (Å²) >= 11 is 0. The van der Waals surface area contributed by atoms with Gasteiger partial charge in [0.1, 0.15) is 0 Å². The van der Waals surface area contributed by atoms with Crippen LogP contribution in [-0.4, -0.2) is 13.6 Å². The SMILES string of the molecule is CNCCC(c1ccccc1C)C1CC1. The van der Waals surface area contributed by atoms with Gasteiger partial charge in [0.25, 0.3) is 0 Å². The lowest BCUT2D eigenvalue weighted by Gasteiger charge is -2.18. The minimum absolute atomic E-state index is 0.790. The van der Waals surface area contributed by atoms with Crippen LogP contribution in [-0.2, 0) is 0 Å². The van der Waals surface area contributed by atoms with Crippen LogP contribution in [0.15, 0.2) is 24.3 Å². The van der Waals surface area contributed by atoms with Crippen molar-refractivity contribution in [3.63, 3.8) is 0 Å². The molecular weight excluding hydrogens is 182 g/mol. The average Bonchev–Trinajstić information content (AvgIpc) is 3.05. The van der Waals surface area contributed by atoms with Crippen molar-refractivity contribution in [2.24, 2.45) is 5.92 Å². The Hall–Kier alpha value is -0.820. The number of rotatable bonds is 5. The van der Waals surface area contributed by atoms with Crippen LogP contribution in [0.5, 0.6) is 0 Å². The Kier molecular flexibility index (Phi) is 3.42. The fourth-order valence-corrected chi connectivity index (χ4v) is 2.45. The second kappa shape index (κ2) is 4.80. The minimum atomic E-state index is 0.790. The van der Waals surface area contributed by atoms with E-state index in [-0.39, 0.29) is 0 Å². The van der Waals surface area contributed by atoms with Gasteiger partial charge in [0.05, 0.1) is 0 Å². The molecule has 0 bridgehead atoms. The lowest BCUT2D eigenvalue weighted by atomic mass is 9.88. The summed E-state index contributed by atoms with van der Waals surface area (Å²) in [4.78, 5) is 0. The summed E-state index contributed by atoms with van der Waals surface area (Å²) in [5.74, 6) is 1.75. The van der Waals surface area contributed by atoms with Crippen molar-refractivity contribution in [1.82, 2.24) is 5.32 Å². The number of hydrogen-bond acceptors (Lipinski definition) is 1. The number of nitrogens with one attached hydrogen (secondary N) is 1. The molecule has 1 nitrogen and oxygen atoms in total. The summed E-state index contributed by atoms with van der Waals surface area (Å²) < 4.78 is 0. The van der Waals surface area contributed by atoms with Gasteiger partial charge in [-0.25, -0.2) is 0 Å². The zero-order chi connectivity index (χ0) is 10.7. The normalized spacial score (nSPS) is 17.7. The Morgan fingerprint density at radius 1 is 1.33 bits per heavy atom. The zero-order valence-corrected chi connectivity index (χ0v) is 9.79. The fraction of sp³-hybridized carbons (Fsp3) is 0.571. The molecule has 1 N–H and O–H groups in total. The van der Waals surface area contributed by atoms with Gasteiger partial charge in [-0.15, -0.1) is 0 Å². The first-order valence-corrected chi connectivity index (χ1v) is 6.03.